The number of hydrogen-bond acceptors (Lipinski definition) is 3. The number of likely N-dealkylation sites (N-methyl/N-ethyl adjacent to an activating group) is 1. The Hall–Kier alpha value is -3.45. The molecular weight excluding hydrogens is 413 g/mol. The first-order chi connectivity index (χ1) is 15.0. The lowest BCUT2D eigenvalue weighted by atomic mass is 10.0. The molecular formula is C24H22FN3O2S. The summed E-state index contributed by atoms with van der Waals surface area (Å²) in [5.41, 5.74) is 2.75. The molecule has 5 nitrogen and oxygen atoms in total. The predicted octanol–water partition coefficient (Wildman–Crippen LogP) is 4.37. The van der Waals surface area contributed by atoms with Crippen molar-refractivity contribution in [3.8, 4) is 0 Å². The molecule has 0 saturated heterocycles. The molecule has 0 aliphatic rings. The van der Waals surface area contributed by atoms with E-state index in [9.17, 15) is 14.0 Å². The number of carbonyl (C=O) groups is 2. The first kappa shape index (κ1) is 20.8. The topological polar surface area (TPSA) is 65.2 Å². The van der Waals surface area contributed by atoms with E-state index in [0.717, 1.165) is 22.0 Å². The maximum absolute atomic E-state index is 13.3. The molecule has 2 N–H and O–H groups in total. The number of benzene rings is 2. The summed E-state index contributed by atoms with van der Waals surface area (Å²) < 4.78 is 13.2. The number of nitrogens with zero attached hydrogens (tertiary/aromatic N) is 1. The molecule has 2 aromatic carbocycles. The molecule has 31 heavy (non-hydrogen) atoms. The Morgan fingerprint density at radius 2 is 1.87 bits per heavy atom. The maximum atomic E-state index is 13.3. The number of aromatic nitrogens is 1. The standard InChI is InChI=1S/C24H22FN3O2S/c1-28(15-16-8-10-18(25)11-9-16)24(30)21(27-23(29)22-7-4-12-31-22)13-17-14-26-20-6-3-2-5-19(17)20/h2-12,14,21,26H,13,15H2,1H3,(H,27,29). The molecule has 4 aromatic rings. The van der Waals surface area contributed by atoms with Crippen molar-refractivity contribution in [2.75, 3.05) is 7.05 Å². The normalized spacial score (nSPS) is 11.9. The number of aromatic amines is 1. The summed E-state index contributed by atoms with van der Waals surface area (Å²) in [5.74, 6) is -0.805. The van der Waals surface area contributed by atoms with Crippen molar-refractivity contribution in [2.45, 2.75) is 19.0 Å². The van der Waals surface area contributed by atoms with Gasteiger partial charge >= 0.3 is 0 Å². The minimum absolute atomic E-state index is 0.209. The van der Waals surface area contributed by atoms with Gasteiger partial charge in [-0.2, -0.15) is 0 Å². The van der Waals surface area contributed by atoms with Gasteiger partial charge in [0, 0.05) is 37.1 Å². The number of rotatable bonds is 7. The first-order valence-electron chi connectivity index (χ1n) is 9.90. The predicted molar refractivity (Wildman–Crippen MR) is 120 cm³/mol. The van der Waals surface area contributed by atoms with E-state index in [1.165, 1.54) is 23.5 Å². The summed E-state index contributed by atoms with van der Waals surface area (Å²) >= 11 is 1.33. The highest BCUT2D eigenvalue weighted by atomic mass is 32.1. The fraction of sp³-hybridized carbons (Fsp3) is 0.167. The summed E-state index contributed by atoms with van der Waals surface area (Å²) in [6.07, 6.45) is 2.23. The van der Waals surface area contributed by atoms with Gasteiger partial charge in [-0.15, -0.1) is 11.3 Å². The highest BCUT2D eigenvalue weighted by Crippen LogP contribution is 2.20. The van der Waals surface area contributed by atoms with Crippen molar-refractivity contribution in [2.24, 2.45) is 0 Å². The van der Waals surface area contributed by atoms with Gasteiger partial charge in [0.2, 0.25) is 5.91 Å². The summed E-state index contributed by atoms with van der Waals surface area (Å²) in [4.78, 5) is 31.3. The molecule has 0 aliphatic carbocycles. The molecule has 1 atom stereocenters. The molecule has 4 rings (SSSR count). The molecule has 0 fully saturated rings. The highest BCUT2D eigenvalue weighted by molar-refractivity contribution is 7.12. The Labute approximate surface area is 183 Å². The number of nitrogens with one attached hydrogen (secondary N) is 2. The molecule has 0 saturated carbocycles. The van der Waals surface area contributed by atoms with Crippen molar-refractivity contribution in [1.29, 1.82) is 0 Å². The summed E-state index contributed by atoms with van der Waals surface area (Å²) in [7, 11) is 1.69. The zero-order chi connectivity index (χ0) is 21.8. The lowest BCUT2D eigenvalue weighted by Crippen LogP contribution is -2.48. The number of halogens is 1. The lowest BCUT2D eigenvalue weighted by Gasteiger charge is -2.24. The molecule has 7 heteroatoms. The number of thiophene rings is 1. The van der Waals surface area contributed by atoms with E-state index in [2.05, 4.69) is 10.3 Å². The van der Waals surface area contributed by atoms with Crippen LogP contribution in [0.2, 0.25) is 0 Å². The lowest BCUT2D eigenvalue weighted by molar-refractivity contribution is -0.132. The van der Waals surface area contributed by atoms with Crippen LogP contribution in [-0.2, 0) is 17.8 Å². The largest absolute Gasteiger partial charge is 0.361 e. The zero-order valence-electron chi connectivity index (χ0n) is 17.0. The van der Waals surface area contributed by atoms with Crippen LogP contribution in [0, 0.1) is 5.82 Å². The van der Waals surface area contributed by atoms with Crippen LogP contribution in [0.5, 0.6) is 0 Å². The SMILES string of the molecule is CN(Cc1ccc(F)cc1)C(=O)C(Cc1c[nH]c2ccccc12)NC(=O)c1cccs1. The van der Waals surface area contributed by atoms with Crippen LogP contribution in [0.4, 0.5) is 4.39 Å². The Bertz CT molecular complexity index is 1190. The molecule has 2 amide bonds. The number of para-hydroxylation sites is 1. The molecule has 158 valence electrons. The summed E-state index contributed by atoms with van der Waals surface area (Å²) in [6.45, 7) is 0.318. The second kappa shape index (κ2) is 9.14. The van der Waals surface area contributed by atoms with E-state index in [-0.39, 0.29) is 17.6 Å². The second-order valence-electron chi connectivity index (χ2n) is 7.39. The minimum Gasteiger partial charge on any atom is -0.361 e. The molecule has 2 aromatic heterocycles. The van der Waals surface area contributed by atoms with E-state index in [1.807, 2.05) is 35.8 Å². The average Bonchev–Trinajstić information content (AvgIpc) is 3.45. The van der Waals surface area contributed by atoms with E-state index >= 15 is 0 Å². The molecule has 0 aliphatic heterocycles. The van der Waals surface area contributed by atoms with Gasteiger partial charge in [-0.3, -0.25) is 9.59 Å². The Morgan fingerprint density at radius 3 is 2.61 bits per heavy atom. The highest BCUT2D eigenvalue weighted by Gasteiger charge is 2.26. The van der Waals surface area contributed by atoms with Crippen LogP contribution < -0.4 is 5.32 Å². The van der Waals surface area contributed by atoms with E-state index in [1.54, 1.807) is 36.2 Å². The smallest absolute Gasteiger partial charge is 0.262 e. The molecule has 2 heterocycles. The summed E-state index contributed by atoms with van der Waals surface area (Å²) in [5, 5.41) is 5.75. The van der Waals surface area contributed by atoms with E-state index in [4.69, 9.17) is 0 Å². The van der Waals surface area contributed by atoms with Crippen LogP contribution in [0.1, 0.15) is 20.8 Å². The quantitative estimate of drug-likeness (QED) is 0.453. The monoisotopic (exact) mass is 435 g/mol. The number of H-pyrrole nitrogens is 1. The number of amides is 2. The van der Waals surface area contributed by atoms with Crippen molar-refractivity contribution in [3.63, 3.8) is 0 Å². The van der Waals surface area contributed by atoms with Gasteiger partial charge in [-0.1, -0.05) is 36.4 Å². The van der Waals surface area contributed by atoms with E-state index in [0.29, 0.717) is 17.8 Å². The molecule has 0 bridgehead atoms. The van der Waals surface area contributed by atoms with Crippen LogP contribution in [-0.4, -0.2) is 34.8 Å². The van der Waals surface area contributed by atoms with Crippen molar-refractivity contribution >= 4 is 34.1 Å². The van der Waals surface area contributed by atoms with Gasteiger partial charge in [0.25, 0.3) is 5.91 Å². The van der Waals surface area contributed by atoms with Gasteiger partial charge < -0.3 is 15.2 Å². The van der Waals surface area contributed by atoms with Crippen LogP contribution in [0.15, 0.2) is 72.2 Å². The van der Waals surface area contributed by atoms with E-state index < -0.39 is 6.04 Å². The minimum atomic E-state index is -0.737. The molecule has 0 spiro atoms. The Balaban J connectivity index is 1.56. The van der Waals surface area contributed by atoms with Crippen LogP contribution >= 0.6 is 11.3 Å². The van der Waals surface area contributed by atoms with Gasteiger partial charge in [0.15, 0.2) is 0 Å². The third kappa shape index (κ3) is 4.83. The number of hydrogen-bond donors (Lipinski definition) is 2. The van der Waals surface area contributed by atoms with Gasteiger partial charge in [-0.05, 0) is 40.8 Å². The third-order valence-electron chi connectivity index (χ3n) is 5.16. The first-order valence-corrected chi connectivity index (χ1v) is 10.8. The van der Waals surface area contributed by atoms with Crippen LogP contribution in [0.25, 0.3) is 10.9 Å². The molecule has 0 radical (unpaired) electrons. The third-order valence-corrected chi connectivity index (χ3v) is 6.03. The maximum Gasteiger partial charge on any atom is 0.262 e. The van der Waals surface area contributed by atoms with Crippen molar-refractivity contribution in [1.82, 2.24) is 15.2 Å². The van der Waals surface area contributed by atoms with Crippen molar-refractivity contribution < 1.29 is 14.0 Å². The fourth-order valence-electron chi connectivity index (χ4n) is 3.57. The van der Waals surface area contributed by atoms with Gasteiger partial charge in [0.05, 0.1) is 4.88 Å². The van der Waals surface area contributed by atoms with Crippen LogP contribution in [0.3, 0.4) is 0 Å². The Kier molecular flexibility index (Phi) is 6.13. The fourth-order valence-corrected chi connectivity index (χ4v) is 4.19. The second-order valence-corrected chi connectivity index (χ2v) is 8.34. The molecule has 1 unspecified atom stereocenters. The van der Waals surface area contributed by atoms with Gasteiger partial charge in [0.1, 0.15) is 11.9 Å². The zero-order valence-corrected chi connectivity index (χ0v) is 17.8. The number of carbonyl (C=O) groups excluding carboxylic acids is 2. The Morgan fingerprint density at radius 1 is 1.10 bits per heavy atom. The number of fused-ring (bicyclic) bond motifs is 1. The van der Waals surface area contributed by atoms with Gasteiger partial charge in [-0.25, -0.2) is 4.39 Å². The summed E-state index contributed by atoms with van der Waals surface area (Å²) in [6, 6.07) is 16.7. The van der Waals surface area contributed by atoms with Crippen molar-refractivity contribution in [3.05, 3.63) is 94.1 Å². The average molecular weight is 436 g/mol.